The topological polar surface area (TPSA) is 66.5 Å². The molecule has 0 radical (unpaired) electrons. The van der Waals surface area contributed by atoms with Gasteiger partial charge < -0.3 is 5.32 Å². The van der Waals surface area contributed by atoms with Gasteiger partial charge in [0.25, 0.3) is 15.9 Å². The zero-order valence-electron chi connectivity index (χ0n) is 19.8. The lowest BCUT2D eigenvalue weighted by Gasteiger charge is -2.19. The van der Waals surface area contributed by atoms with E-state index in [9.17, 15) is 17.6 Å². The van der Waals surface area contributed by atoms with E-state index in [-0.39, 0.29) is 16.8 Å². The minimum atomic E-state index is -3.87. The lowest BCUT2D eigenvalue weighted by molar-refractivity contribution is 0.0947. The van der Waals surface area contributed by atoms with Gasteiger partial charge >= 0.3 is 0 Å². The Kier molecular flexibility index (Phi) is 6.78. The van der Waals surface area contributed by atoms with E-state index in [1.54, 1.807) is 24.3 Å². The van der Waals surface area contributed by atoms with Crippen molar-refractivity contribution in [1.82, 2.24) is 5.32 Å². The number of sulfonamides is 1. The quantitative estimate of drug-likeness (QED) is 0.265. The molecular formula is C29H23FN2O3S2. The first-order valence-corrected chi connectivity index (χ1v) is 13.8. The third kappa shape index (κ3) is 5.12. The number of amides is 1. The van der Waals surface area contributed by atoms with Gasteiger partial charge in [-0.15, -0.1) is 11.3 Å². The minimum absolute atomic E-state index is 0.00486. The van der Waals surface area contributed by atoms with Gasteiger partial charge in [0.1, 0.15) is 5.82 Å². The largest absolute Gasteiger partial charge is 0.340 e. The number of rotatable bonds is 7. The van der Waals surface area contributed by atoms with Crippen molar-refractivity contribution in [3.05, 3.63) is 131 Å². The summed E-state index contributed by atoms with van der Waals surface area (Å²) in [7, 11) is -2.42. The third-order valence-corrected chi connectivity index (χ3v) is 9.02. The van der Waals surface area contributed by atoms with Crippen LogP contribution >= 0.6 is 11.3 Å². The van der Waals surface area contributed by atoms with Crippen molar-refractivity contribution < 1.29 is 17.6 Å². The van der Waals surface area contributed by atoms with Gasteiger partial charge in [0, 0.05) is 11.7 Å². The van der Waals surface area contributed by atoms with Gasteiger partial charge in [0.15, 0.2) is 0 Å². The van der Waals surface area contributed by atoms with E-state index >= 15 is 0 Å². The van der Waals surface area contributed by atoms with Gasteiger partial charge in [0.2, 0.25) is 0 Å². The molecule has 1 amide bonds. The Balaban J connectivity index is 1.42. The summed E-state index contributed by atoms with van der Waals surface area (Å²) in [5, 5.41) is 3.90. The van der Waals surface area contributed by atoms with Crippen molar-refractivity contribution >= 4 is 43.0 Å². The molecule has 0 saturated heterocycles. The molecule has 0 fully saturated rings. The van der Waals surface area contributed by atoms with Crippen LogP contribution in [0.4, 0.5) is 10.1 Å². The Morgan fingerprint density at radius 3 is 2.03 bits per heavy atom. The number of fused-ring (bicyclic) bond motifs is 1. The van der Waals surface area contributed by atoms with Gasteiger partial charge in [-0.05, 0) is 65.0 Å². The Labute approximate surface area is 218 Å². The van der Waals surface area contributed by atoms with Crippen LogP contribution in [0.1, 0.15) is 26.8 Å². The lowest BCUT2D eigenvalue weighted by Crippen LogP contribution is -2.28. The van der Waals surface area contributed by atoms with E-state index < -0.39 is 15.8 Å². The Bertz CT molecular complexity index is 1610. The predicted molar refractivity (Wildman–Crippen MR) is 146 cm³/mol. The average Bonchev–Trinajstić information content (AvgIpc) is 3.36. The van der Waals surface area contributed by atoms with E-state index in [2.05, 4.69) is 5.32 Å². The highest BCUT2D eigenvalue weighted by Crippen LogP contribution is 2.32. The second-order valence-electron chi connectivity index (χ2n) is 8.49. The number of halogens is 1. The van der Waals surface area contributed by atoms with Gasteiger partial charge in [0.05, 0.1) is 21.5 Å². The smallest absolute Gasteiger partial charge is 0.264 e. The first kappa shape index (κ1) is 24.7. The first-order valence-electron chi connectivity index (χ1n) is 11.5. The maximum absolute atomic E-state index is 13.3. The lowest BCUT2D eigenvalue weighted by atomic mass is 9.98. The van der Waals surface area contributed by atoms with Crippen LogP contribution in [0.3, 0.4) is 0 Å². The molecule has 0 aliphatic rings. The number of hydrogen-bond donors (Lipinski definition) is 1. The molecule has 0 saturated carbocycles. The second-order valence-corrected chi connectivity index (χ2v) is 11.5. The number of benzene rings is 4. The molecule has 0 unspecified atom stereocenters. The molecule has 0 spiro atoms. The molecule has 4 aromatic carbocycles. The Morgan fingerprint density at radius 2 is 1.43 bits per heavy atom. The number of carbonyl (C=O) groups excluding carboxylic acids is 1. The normalized spacial score (nSPS) is 11.5. The Hall–Kier alpha value is -4.01. The molecular weight excluding hydrogens is 507 g/mol. The zero-order valence-corrected chi connectivity index (χ0v) is 21.5. The maximum atomic E-state index is 13.3. The number of hydrogen-bond acceptors (Lipinski definition) is 4. The highest BCUT2D eigenvalue weighted by Gasteiger charge is 2.23. The summed E-state index contributed by atoms with van der Waals surface area (Å²) in [4.78, 5) is 13.8. The van der Waals surface area contributed by atoms with E-state index in [1.807, 2.05) is 60.7 Å². The fourth-order valence-corrected chi connectivity index (χ4v) is 6.23. The Morgan fingerprint density at radius 1 is 0.838 bits per heavy atom. The molecule has 1 aromatic heterocycles. The van der Waals surface area contributed by atoms with Gasteiger partial charge in [-0.25, -0.2) is 12.8 Å². The number of carbonyl (C=O) groups is 1. The van der Waals surface area contributed by atoms with Crippen LogP contribution in [0.15, 0.2) is 114 Å². The third-order valence-electron chi connectivity index (χ3n) is 6.10. The van der Waals surface area contributed by atoms with Gasteiger partial charge in [-0.1, -0.05) is 60.7 Å². The minimum Gasteiger partial charge on any atom is -0.340 e. The second kappa shape index (κ2) is 10.2. The van der Waals surface area contributed by atoms with Crippen molar-refractivity contribution in [2.75, 3.05) is 11.4 Å². The van der Waals surface area contributed by atoms with E-state index in [0.29, 0.717) is 10.6 Å². The molecule has 0 aliphatic carbocycles. The van der Waals surface area contributed by atoms with Crippen molar-refractivity contribution in [2.45, 2.75) is 10.9 Å². The van der Waals surface area contributed by atoms with Crippen LogP contribution in [0, 0.1) is 5.82 Å². The summed E-state index contributed by atoms with van der Waals surface area (Å²) in [6.07, 6.45) is 0. The summed E-state index contributed by atoms with van der Waals surface area (Å²) in [6.45, 7) is 0. The molecule has 5 rings (SSSR count). The molecule has 0 atom stereocenters. The highest BCUT2D eigenvalue weighted by atomic mass is 32.2. The highest BCUT2D eigenvalue weighted by molar-refractivity contribution is 7.92. The predicted octanol–water partition coefficient (Wildman–Crippen LogP) is 6.38. The van der Waals surface area contributed by atoms with Crippen molar-refractivity contribution in [3.8, 4) is 0 Å². The first-order chi connectivity index (χ1) is 17.8. The summed E-state index contributed by atoms with van der Waals surface area (Å²) in [5.74, 6) is -0.721. The summed E-state index contributed by atoms with van der Waals surface area (Å²) < 4.78 is 41.3. The molecule has 1 heterocycles. The summed E-state index contributed by atoms with van der Waals surface area (Å²) in [5.41, 5.74) is 2.38. The number of anilines is 1. The fourth-order valence-electron chi connectivity index (χ4n) is 4.09. The van der Waals surface area contributed by atoms with Crippen LogP contribution in [-0.4, -0.2) is 21.4 Å². The van der Waals surface area contributed by atoms with Crippen LogP contribution in [0.2, 0.25) is 0 Å². The molecule has 5 nitrogen and oxygen atoms in total. The summed E-state index contributed by atoms with van der Waals surface area (Å²) >= 11 is 1.34. The van der Waals surface area contributed by atoms with E-state index in [0.717, 1.165) is 37.7 Å². The van der Waals surface area contributed by atoms with Crippen molar-refractivity contribution in [3.63, 3.8) is 0 Å². The zero-order chi connectivity index (χ0) is 26.0. The van der Waals surface area contributed by atoms with Gasteiger partial charge in [-0.2, -0.15) is 0 Å². The van der Waals surface area contributed by atoms with E-state index in [1.165, 1.54) is 30.5 Å². The van der Waals surface area contributed by atoms with Crippen LogP contribution in [-0.2, 0) is 10.0 Å². The molecule has 5 aromatic rings. The molecule has 186 valence electrons. The molecule has 0 bridgehead atoms. The average molecular weight is 531 g/mol. The van der Waals surface area contributed by atoms with Crippen LogP contribution in [0.25, 0.3) is 10.1 Å². The molecule has 0 aliphatic heterocycles. The van der Waals surface area contributed by atoms with Gasteiger partial charge in [-0.3, -0.25) is 9.10 Å². The summed E-state index contributed by atoms with van der Waals surface area (Å²) in [6, 6.07) is 30.9. The monoisotopic (exact) mass is 530 g/mol. The number of nitrogens with zero attached hydrogens (tertiary/aromatic N) is 1. The van der Waals surface area contributed by atoms with Crippen LogP contribution < -0.4 is 9.62 Å². The molecule has 1 N–H and O–H groups in total. The number of thiophene rings is 1. The van der Waals surface area contributed by atoms with Crippen molar-refractivity contribution in [1.29, 1.82) is 0 Å². The van der Waals surface area contributed by atoms with Crippen LogP contribution in [0.5, 0.6) is 0 Å². The standard InChI is InChI=1S/C29H23FN2O3S2/c1-32(37(34,35)25-15-12-23(30)13-16-25)24-14-17-26-22(18-24)19-27(36-26)29(33)31-28(20-8-4-2-5-9-20)21-10-6-3-7-11-21/h2-19,28H,1H3,(H,31,33). The van der Waals surface area contributed by atoms with E-state index in [4.69, 9.17) is 0 Å². The number of nitrogens with one attached hydrogen (secondary N) is 1. The SMILES string of the molecule is CN(c1ccc2sc(C(=O)NC(c3ccccc3)c3ccccc3)cc2c1)S(=O)(=O)c1ccc(F)cc1. The van der Waals surface area contributed by atoms with Crippen molar-refractivity contribution in [2.24, 2.45) is 0 Å². The maximum Gasteiger partial charge on any atom is 0.264 e. The molecule has 37 heavy (non-hydrogen) atoms. The molecule has 8 heteroatoms. The fraction of sp³-hybridized carbons (Fsp3) is 0.0690.